The average Bonchev–Trinajstić information content (AvgIpc) is 2.52. The summed E-state index contributed by atoms with van der Waals surface area (Å²) < 4.78 is 15.9. The van der Waals surface area contributed by atoms with Crippen molar-refractivity contribution in [3.8, 4) is 0 Å². The number of aliphatic hydroxyl groups is 3. The molecule has 1 saturated heterocycles. The summed E-state index contributed by atoms with van der Waals surface area (Å²) >= 11 is 0. The lowest BCUT2D eigenvalue weighted by atomic mass is 9.97. The molecule has 1 amide bonds. The van der Waals surface area contributed by atoms with Gasteiger partial charge in [-0.15, -0.1) is 0 Å². The number of nitrogens with one attached hydrogen (secondary N) is 1. The predicted molar refractivity (Wildman–Crippen MR) is 76.1 cm³/mol. The second kappa shape index (κ2) is 10.3. The predicted octanol–water partition coefficient (Wildman–Crippen LogP) is -1.73. The zero-order valence-electron chi connectivity index (χ0n) is 12.7. The van der Waals surface area contributed by atoms with Crippen molar-refractivity contribution in [2.75, 3.05) is 33.0 Å². The molecule has 1 aliphatic rings. The highest BCUT2D eigenvalue weighted by molar-refractivity contribution is 5.73. The summed E-state index contributed by atoms with van der Waals surface area (Å²) in [6.07, 6.45) is -4.77. The van der Waals surface area contributed by atoms with Crippen LogP contribution in [0.3, 0.4) is 0 Å². The van der Waals surface area contributed by atoms with Crippen molar-refractivity contribution in [3.05, 3.63) is 10.4 Å². The topological polar surface area (TPSA) is 166 Å². The van der Waals surface area contributed by atoms with Crippen molar-refractivity contribution < 1.29 is 34.3 Å². The van der Waals surface area contributed by atoms with E-state index in [1.807, 2.05) is 0 Å². The maximum atomic E-state index is 11.2. The zero-order valence-corrected chi connectivity index (χ0v) is 12.7. The van der Waals surface area contributed by atoms with Crippen LogP contribution in [0.15, 0.2) is 5.11 Å². The Morgan fingerprint density at radius 2 is 2.09 bits per heavy atom. The molecule has 0 saturated carbocycles. The van der Waals surface area contributed by atoms with Gasteiger partial charge in [0.25, 0.3) is 0 Å². The van der Waals surface area contributed by atoms with Crippen LogP contribution < -0.4 is 5.32 Å². The lowest BCUT2D eigenvalue weighted by molar-refractivity contribution is -0.272. The van der Waals surface area contributed by atoms with E-state index in [4.69, 9.17) is 24.8 Å². The Morgan fingerprint density at radius 3 is 2.70 bits per heavy atom. The quantitative estimate of drug-likeness (QED) is 0.168. The summed E-state index contributed by atoms with van der Waals surface area (Å²) in [4.78, 5) is 13.8. The van der Waals surface area contributed by atoms with Gasteiger partial charge in [0.2, 0.25) is 5.91 Å². The van der Waals surface area contributed by atoms with E-state index in [2.05, 4.69) is 15.3 Å². The van der Waals surface area contributed by atoms with E-state index in [0.29, 0.717) is 0 Å². The number of ether oxygens (including phenoxy) is 3. The maximum absolute atomic E-state index is 11.2. The molecule has 23 heavy (non-hydrogen) atoms. The Balaban J connectivity index is 2.49. The Bertz CT molecular complexity index is 418. The molecule has 0 bridgehead atoms. The van der Waals surface area contributed by atoms with E-state index in [1.165, 1.54) is 6.92 Å². The molecule has 1 heterocycles. The highest BCUT2D eigenvalue weighted by atomic mass is 16.7. The first-order valence-electron chi connectivity index (χ1n) is 7.11. The average molecular weight is 334 g/mol. The SMILES string of the molecule is CC(=O)N[C@H]1[C@H](OCCOCCN=[N+]=[N-])O[C@H](CO)[C@H](O)[C@@H]1O. The smallest absolute Gasteiger partial charge is 0.217 e. The molecule has 1 fully saturated rings. The summed E-state index contributed by atoms with van der Waals surface area (Å²) in [5.74, 6) is -0.425. The number of nitrogens with zero attached hydrogens (tertiary/aromatic N) is 3. The highest BCUT2D eigenvalue weighted by Gasteiger charge is 2.45. The number of hydrogen-bond acceptors (Lipinski definition) is 8. The number of amides is 1. The number of aliphatic hydroxyl groups excluding tert-OH is 3. The summed E-state index contributed by atoms with van der Waals surface area (Å²) in [5, 5.41) is 34.8. The van der Waals surface area contributed by atoms with Gasteiger partial charge in [-0.25, -0.2) is 0 Å². The van der Waals surface area contributed by atoms with Gasteiger partial charge in [-0.2, -0.15) is 0 Å². The molecule has 4 N–H and O–H groups in total. The molecule has 11 nitrogen and oxygen atoms in total. The summed E-state index contributed by atoms with van der Waals surface area (Å²) in [7, 11) is 0. The van der Waals surface area contributed by atoms with E-state index in [9.17, 15) is 15.0 Å². The zero-order chi connectivity index (χ0) is 17.2. The van der Waals surface area contributed by atoms with Crippen LogP contribution in [0.25, 0.3) is 10.4 Å². The fourth-order valence-corrected chi connectivity index (χ4v) is 2.09. The molecule has 0 unspecified atom stereocenters. The van der Waals surface area contributed by atoms with Gasteiger partial charge in [0.05, 0.1) is 26.4 Å². The highest BCUT2D eigenvalue weighted by Crippen LogP contribution is 2.22. The van der Waals surface area contributed by atoms with Crippen LogP contribution in [0.2, 0.25) is 0 Å². The molecular weight excluding hydrogens is 312 g/mol. The van der Waals surface area contributed by atoms with Gasteiger partial charge in [0, 0.05) is 18.4 Å². The van der Waals surface area contributed by atoms with Crippen LogP contribution in [-0.2, 0) is 19.0 Å². The lowest BCUT2D eigenvalue weighted by Gasteiger charge is -2.42. The molecule has 11 heteroatoms. The van der Waals surface area contributed by atoms with Crippen LogP contribution in [-0.4, -0.2) is 84.8 Å². The van der Waals surface area contributed by atoms with Gasteiger partial charge in [-0.05, 0) is 5.53 Å². The Hall–Kier alpha value is -1.46. The van der Waals surface area contributed by atoms with Crippen LogP contribution in [0.4, 0.5) is 0 Å². The number of rotatable bonds is 9. The van der Waals surface area contributed by atoms with Gasteiger partial charge in [-0.3, -0.25) is 4.79 Å². The number of azide groups is 1. The molecule has 0 aliphatic carbocycles. The van der Waals surface area contributed by atoms with Crippen molar-refractivity contribution in [3.63, 3.8) is 0 Å². The molecule has 0 spiro atoms. The minimum atomic E-state index is -1.35. The Kier molecular flexibility index (Phi) is 8.81. The normalized spacial score (nSPS) is 30.5. The van der Waals surface area contributed by atoms with E-state index in [-0.39, 0.29) is 26.4 Å². The third-order valence-corrected chi connectivity index (χ3v) is 3.16. The second-order valence-electron chi connectivity index (χ2n) is 4.87. The fraction of sp³-hybridized carbons (Fsp3) is 0.917. The second-order valence-corrected chi connectivity index (χ2v) is 4.87. The molecule has 5 atom stereocenters. The van der Waals surface area contributed by atoms with Gasteiger partial charge >= 0.3 is 0 Å². The van der Waals surface area contributed by atoms with Crippen molar-refractivity contribution in [2.24, 2.45) is 5.11 Å². The van der Waals surface area contributed by atoms with Crippen LogP contribution in [0.1, 0.15) is 6.92 Å². The number of carbonyl (C=O) groups excluding carboxylic acids is 1. The summed E-state index contributed by atoms with van der Waals surface area (Å²) in [6, 6.07) is -0.978. The number of hydrogen-bond donors (Lipinski definition) is 4. The summed E-state index contributed by atoms with van der Waals surface area (Å²) in [5.41, 5.74) is 8.10. The van der Waals surface area contributed by atoms with Crippen molar-refractivity contribution >= 4 is 5.91 Å². The number of carbonyl (C=O) groups is 1. The van der Waals surface area contributed by atoms with Crippen LogP contribution >= 0.6 is 0 Å². The van der Waals surface area contributed by atoms with E-state index < -0.39 is 43.2 Å². The van der Waals surface area contributed by atoms with E-state index >= 15 is 0 Å². The van der Waals surface area contributed by atoms with Crippen LogP contribution in [0.5, 0.6) is 0 Å². The molecule has 0 radical (unpaired) electrons. The van der Waals surface area contributed by atoms with Gasteiger partial charge in [0.1, 0.15) is 24.4 Å². The van der Waals surface area contributed by atoms with E-state index in [1.54, 1.807) is 0 Å². The standard InChI is InChI=1S/C12H22N4O7/c1-7(18)15-9-11(20)10(19)8(6-17)23-12(9)22-5-4-21-3-2-14-16-13/h8-12,17,19-20H,2-6H2,1H3,(H,15,18)/t8-,9-,10+,11-,12-/m1/s1. The first-order chi connectivity index (χ1) is 11.0. The molecule has 1 rings (SSSR count). The van der Waals surface area contributed by atoms with Crippen LogP contribution in [0, 0.1) is 0 Å². The Labute approximate surface area is 132 Å². The van der Waals surface area contributed by atoms with Gasteiger partial charge in [-0.1, -0.05) is 5.11 Å². The molecule has 132 valence electrons. The van der Waals surface area contributed by atoms with Gasteiger partial charge in [0.15, 0.2) is 6.29 Å². The van der Waals surface area contributed by atoms with Crippen molar-refractivity contribution in [1.82, 2.24) is 5.32 Å². The maximum Gasteiger partial charge on any atom is 0.217 e. The molecule has 0 aromatic rings. The molecule has 1 aliphatic heterocycles. The molecule has 0 aromatic heterocycles. The first kappa shape index (κ1) is 19.6. The molecule has 0 aromatic carbocycles. The Morgan fingerprint density at radius 1 is 1.35 bits per heavy atom. The minimum absolute atomic E-state index is 0.0813. The first-order valence-corrected chi connectivity index (χ1v) is 7.11. The summed E-state index contributed by atoms with van der Waals surface area (Å²) in [6.45, 7) is 1.44. The monoisotopic (exact) mass is 334 g/mol. The third-order valence-electron chi connectivity index (χ3n) is 3.16. The van der Waals surface area contributed by atoms with E-state index in [0.717, 1.165) is 0 Å². The largest absolute Gasteiger partial charge is 0.394 e. The third kappa shape index (κ3) is 6.28. The van der Waals surface area contributed by atoms with Crippen molar-refractivity contribution in [1.29, 1.82) is 0 Å². The van der Waals surface area contributed by atoms with Crippen molar-refractivity contribution in [2.45, 2.75) is 37.6 Å². The minimum Gasteiger partial charge on any atom is -0.394 e. The fourth-order valence-electron chi connectivity index (χ4n) is 2.09. The molecular formula is C12H22N4O7. The lowest BCUT2D eigenvalue weighted by Crippen LogP contribution is -2.64. The van der Waals surface area contributed by atoms with Gasteiger partial charge < -0.3 is 34.8 Å².